The lowest BCUT2D eigenvalue weighted by Gasteiger charge is -2.36. The molecule has 5 nitrogen and oxygen atoms in total. The summed E-state index contributed by atoms with van der Waals surface area (Å²) in [5.74, 6) is 0. The number of piperazine rings is 1. The summed E-state index contributed by atoms with van der Waals surface area (Å²) >= 11 is 6.26. The number of nitrogens with zero attached hydrogens (tertiary/aromatic N) is 4. The van der Waals surface area contributed by atoms with Gasteiger partial charge in [-0.25, -0.2) is 0 Å². The van der Waals surface area contributed by atoms with E-state index in [1.165, 1.54) is 0 Å². The summed E-state index contributed by atoms with van der Waals surface area (Å²) in [5.41, 5.74) is 7.53. The van der Waals surface area contributed by atoms with Crippen molar-refractivity contribution in [3.05, 3.63) is 41.7 Å². The zero-order chi connectivity index (χ0) is 14.7. The Morgan fingerprint density at radius 2 is 1.86 bits per heavy atom. The highest BCUT2D eigenvalue weighted by Crippen LogP contribution is 2.25. The normalized spacial score (nSPS) is 16.3. The minimum atomic E-state index is 0.721. The van der Waals surface area contributed by atoms with Crippen molar-refractivity contribution in [2.75, 3.05) is 43.4 Å². The summed E-state index contributed by atoms with van der Waals surface area (Å²) in [5, 5.41) is 5.04. The number of nitrogens with two attached hydrogens (primary N) is 1. The topological polar surface area (TPSA) is 50.3 Å². The molecule has 2 aromatic rings. The number of nitrogen functional groups attached to an aromatic ring is 1. The van der Waals surface area contributed by atoms with Crippen LogP contribution in [0.4, 0.5) is 11.4 Å². The fourth-order valence-electron chi connectivity index (χ4n) is 2.67. The standard InChI is InChI=1S/C15H20ClN5/c16-14-3-1-2-4-15(14)20-8-5-19(6-9-20)7-10-21-12-13(17)11-18-21/h1-4,11-12H,5-10,17H2. The molecule has 0 bridgehead atoms. The molecule has 0 atom stereocenters. The summed E-state index contributed by atoms with van der Waals surface area (Å²) in [7, 11) is 0. The first kappa shape index (κ1) is 14.2. The number of halogens is 1. The van der Waals surface area contributed by atoms with Crippen molar-refractivity contribution >= 4 is 23.0 Å². The van der Waals surface area contributed by atoms with Crippen molar-refractivity contribution in [2.24, 2.45) is 0 Å². The van der Waals surface area contributed by atoms with Crippen LogP contribution in [0.15, 0.2) is 36.7 Å². The number of para-hydroxylation sites is 1. The molecule has 0 unspecified atom stereocenters. The van der Waals surface area contributed by atoms with Crippen LogP contribution in [0.3, 0.4) is 0 Å². The molecule has 0 radical (unpaired) electrons. The first-order valence-corrected chi connectivity index (χ1v) is 7.60. The van der Waals surface area contributed by atoms with E-state index in [4.69, 9.17) is 17.3 Å². The molecular formula is C15H20ClN5. The van der Waals surface area contributed by atoms with Crippen LogP contribution in [0.1, 0.15) is 0 Å². The van der Waals surface area contributed by atoms with Crippen molar-refractivity contribution in [1.82, 2.24) is 14.7 Å². The van der Waals surface area contributed by atoms with E-state index in [9.17, 15) is 0 Å². The molecule has 0 amide bonds. The lowest BCUT2D eigenvalue weighted by Crippen LogP contribution is -2.47. The van der Waals surface area contributed by atoms with Gasteiger partial charge in [-0.1, -0.05) is 23.7 Å². The van der Waals surface area contributed by atoms with E-state index in [0.29, 0.717) is 0 Å². The van der Waals surface area contributed by atoms with Gasteiger partial charge in [-0.2, -0.15) is 5.10 Å². The van der Waals surface area contributed by atoms with Crippen molar-refractivity contribution in [3.8, 4) is 0 Å². The van der Waals surface area contributed by atoms with Crippen LogP contribution in [0.2, 0.25) is 5.02 Å². The molecular weight excluding hydrogens is 286 g/mol. The highest BCUT2D eigenvalue weighted by atomic mass is 35.5. The average molecular weight is 306 g/mol. The van der Waals surface area contributed by atoms with Crippen LogP contribution in [0.5, 0.6) is 0 Å². The molecule has 1 fully saturated rings. The molecule has 3 rings (SSSR count). The maximum absolute atomic E-state index is 6.26. The van der Waals surface area contributed by atoms with Gasteiger partial charge in [-0.15, -0.1) is 0 Å². The van der Waals surface area contributed by atoms with E-state index in [2.05, 4.69) is 21.0 Å². The first-order chi connectivity index (χ1) is 10.2. The largest absolute Gasteiger partial charge is 0.396 e. The van der Waals surface area contributed by atoms with Gasteiger partial charge in [0.1, 0.15) is 0 Å². The van der Waals surface area contributed by atoms with Gasteiger partial charge in [0.15, 0.2) is 0 Å². The number of rotatable bonds is 4. The Morgan fingerprint density at radius 3 is 2.52 bits per heavy atom. The third-order valence-corrected chi connectivity index (χ3v) is 4.18. The first-order valence-electron chi connectivity index (χ1n) is 7.22. The molecule has 1 aromatic carbocycles. The minimum Gasteiger partial charge on any atom is -0.396 e. The number of anilines is 2. The predicted octanol–water partition coefficient (Wildman–Crippen LogP) is 1.94. The predicted molar refractivity (Wildman–Crippen MR) is 86.7 cm³/mol. The average Bonchev–Trinajstić information content (AvgIpc) is 2.92. The number of hydrogen-bond acceptors (Lipinski definition) is 4. The molecule has 21 heavy (non-hydrogen) atoms. The second-order valence-corrected chi connectivity index (χ2v) is 5.72. The summed E-state index contributed by atoms with van der Waals surface area (Å²) in [6.45, 7) is 5.97. The Bertz CT molecular complexity index is 589. The van der Waals surface area contributed by atoms with Gasteiger partial charge in [0.2, 0.25) is 0 Å². The second kappa shape index (κ2) is 6.37. The molecule has 1 aliphatic rings. The fourth-order valence-corrected chi connectivity index (χ4v) is 2.92. The number of hydrogen-bond donors (Lipinski definition) is 1. The maximum Gasteiger partial charge on any atom is 0.0719 e. The van der Waals surface area contributed by atoms with Crippen molar-refractivity contribution in [2.45, 2.75) is 6.54 Å². The highest BCUT2D eigenvalue weighted by molar-refractivity contribution is 6.33. The van der Waals surface area contributed by atoms with Gasteiger partial charge in [-0.05, 0) is 12.1 Å². The quantitative estimate of drug-likeness (QED) is 0.938. The molecule has 0 saturated carbocycles. The van der Waals surface area contributed by atoms with E-state index in [1.54, 1.807) is 6.20 Å². The minimum absolute atomic E-state index is 0.721. The molecule has 2 N–H and O–H groups in total. The molecule has 1 aliphatic heterocycles. The van der Waals surface area contributed by atoms with Crippen molar-refractivity contribution < 1.29 is 0 Å². The Hall–Kier alpha value is -1.72. The number of aromatic nitrogens is 2. The van der Waals surface area contributed by atoms with E-state index in [-0.39, 0.29) is 0 Å². The molecule has 0 aliphatic carbocycles. The van der Waals surface area contributed by atoms with Crippen LogP contribution in [-0.4, -0.2) is 47.4 Å². The van der Waals surface area contributed by atoms with Gasteiger partial charge in [0.05, 0.1) is 29.1 Å². The Labute approximate surface area is 129 Å². The van der Waals surface area contributed by atoms with Crippen LogP contribution in [0.25, 0.3) is 0 Å². The monoisotopic (exact) mass is 305 g/mol. The lowest BCUT2D eigenvalue weighted by molar-refractivity contribution is 0.244. The SMILES string of the molecule is Nc1cnn(CCN2CCN(c3ccccc3Cl)CC2)c1. The second-order valence-electron chi connectivity index (χ2n) is 5.32. The van der Waals surface area contributed by atoms with Crippen LogP contribution >= 0.6 is 11.6 Å². The molecule has 112 valence electrons. The lowest BCUT2D eigenvalue weighted by atomic mass is 10.2. The van der Waals surface area contributed by atoms with Crippen LogP contribution in [-0.2, 0) is 6.54 Å². The Balaban J connectivity index is 1.50. The van der Waals surface area contributed by atoms with Gasteiger partial charge >= 0.3 is 0 Å². The molecule has 0 spiro atoms. The van der Waals surface area contributed by atoms with Crippen molar-refractivity contribution in [3.63, 3.8) is 0 Å². The summed E-state index contributed by atoms with van der Waals surface area (Å²) in [4.78, 5) is 4.80. The third-order valence-electron chi connectivity index (χ3n) is 3.86. The van der Waals surface area contributed by atoms with E-state index < -0.39 is 0 Å². The molecule has 6 heteroatoms. The van der Waals surface area contributed by atoms with E-state index >= 15 is 0 Å². The zero-order valence-electron chi connectivity index (χ0n) is 12.0. The smallest absolute Gasteiger partial charge is 0.0719 e. The zero-order valence-corrected chi connectivity index (χ0v) is 12.7. The van der Waals surface area contributed by atoms with E-state index in [0.717, 1.165) is 55.7 Å². The summed E-state index contributed by atoms with van der Waals surface area (Å²) < 4.78 is 1.90. The van der Waals surface area contributed by atoms with Gasteiger partial charge in [0.25, 0.3) is 0 Å². The highest BCUT2D eigenvalue weighted by Gasteiger charge is 2.18. The van der Waals surface area contributed by atoms with Crippen molar-refractivity contribution in [1.29, 1.82) is 0 Å². The fraction of sp³-hybridized carbons (Fsp3) is 0.400. The molecule has 2 heterocycles. The molecule has 1 aromatic heterocycles. The van der Waals surface area contributed by atoms with Crippen LogP contribution in [0, 0.1) is 0 Å². The van der Waals surface area contributed by atoms with Crippen LogP contribution < -0.4 is 10.6 Å². The maximum atomic E-state index is 6.26. The van der Waals surface area contributed by atoms with E-state index in [1.807, 2.05) is 29.1 Å². The third kappa shape index (κ3) is 3.49. The number of benzene rings is 1. The Kier molecular flexibility index (Phi) is 4.31. The Morgan fingerprint density at radius 1 is 1.10 bits per heavy atom. The van der Waals surface area contributed by atoms with Gasteiger partial charge in [0, 0.05) is 38.9 Å². The molecule has 1 saturated heterocycles. The summed E-state index contributed by atoms with van der Waals surface area (Å²) in [6.07, 6.45) is 3.56. The van der Waals surface area contributed by atoms with Gasteiger partial charge in [-0.3, -0.25) is 9.58 Å². The van der Waals surface area contributed by atoms with Gasteiger partial charge < -0.3 is 10.6 Å². The summed E-state index contributed by atoms with van der Waals surface area (Å²) in [6, 6.07) is 8.05.